The molecule has 0 spiro atoms. The van der Waals surface area contributed by atoms with E-state index >= 15 is 0 Å². The summed E-state index contributed by atoms with van der Waals surface area (Å²) in [6.07, 6.45) is 0. The van der Waals surface area contributed by atoms with Crippen molar-refractivity contribution in [3.8, 4) is 5.75 Å². The average Bonchev–Trinajstić information content (AvgIpc) is 2.45. The Morgan fingerprint density at radius 1 is 1.37 bits per heavy atom. The fourth-order valence-corrected chi connectivity index (χ4v) is 2.14. The van der Waals surface area contributed by atoms with Gasteiger partial charge in [0.15, 0.2) is 0 Å². The summed E-state index contributed by atoms with van der Waals surface area (Å²) in [7, 11) is 3.14. The maximum absolute atomic E-state index is 11.7. The molecule has 0 saturated heterocycles. The van der Waals surface area contributed by atoms with Crippen LogP contribution in [0.1, 0.15) is 0 Å². The van der Waals surface area contributed by atoms with Gasteiger partial charge in [0.2, 0.25) is 5.91 Å². The molecule has 1 rings (SSSR count). The van der Waals surface area contributed by atoms with Gasteiger partial charge in [0, 0.05) is 12.0 Å². The summed E-state index contributed by atoms with van der Waals surface area (Å²) in [4.78, 5) is 12.6. The maximum Gasteiger partial charge on any atom is 0.230 e. The molecule has 0 saturated carbocycles. The van der Waals surface area contributed by atoms with Crippen molar-refractivity contribution in [2.75, 3.05) is 33.2 Å². The lowest BCUT2D eigenvalue weighted by atomic mass is 10.3. The smallest absolute Gasteiger partial charge is 0.230 e. The van der Waals surface area contributed by atoms with Crippen molar-refractivity contribution >= 4 is 17.7 Å². The fourth-order valence-electron chi connectivity index (χ4n) is 1.43. The fraction of sp³-hybridized carbons (Fsp3) is 0.462. The molecule has 1 atom stereocenters. The highest BCUT2D eigenvalue weighted by molar-refractivity contribution is 8.00. The topological polar surface area (TPSA) is 67.8 Å². The molecule has 0 fully saturated rings. The van der Waals surface area contributed by atoms with Crippen molar-refractivity contribution in [3.63, 3.8) is 0 Å². The summed E-state index contributed by atoms with van der Waals surface area (Å²) in [5.74, 6) is 0.957. The molecule has 0 heterocycles. The molecule has 0 aliphatic heterocycles. The van der Waals surface area contributed by atoms with Crippen molar-refractivity contribution in [2.45, 2.75) is 10.9 Å². The molecule has 6 heteroatoms. The van der Waals surface area contributed by atoms with Crippen LogP contribution in [-0.2, 0) is 9.53 Å². The van der Waals surface area contributed by atoms with Gasteiger partial charge in [-0.2, -0.15) is 0 Å². The van der Waals surface area contributed by atoms with Crippen LogP contribution in [0.5, 0.6) is 5.75 Å². The maximum atomic E-state index is 11.7. The molecule has 1 aromatic rings. The Morgan fingerprint density at radius 2 is 2.05 bits per heavy atom. The molecule has 0 radical (unpaired) electrons. The number of carbonyl (C=O) groups excluding carboxylic acids is 1. The van der Waals surface area contributed by atoms with Crippen molar-refractivity contribution in [3.05, 3.63) is 24.3 Å². The monoisotopic (exact) mass is 285 g/mol. The third-order valence-electron chi connectivity index (χ3n) is 2.38. The van der Waals surface area contributed by atoms with Crippen LogP contribution in [0.15, 0.2) is 29.2 Å². The van der Waals surface area contributed by atoms with E-state index in [1.807, 2.05) is 24.3 Å². The molecule has 106 valence electrons. The van der Waals surface area contributed by atoms with Crippen molar-refractivity contribution in [1.29, 1.82) is 0 Å². The van der Waals surface area contributed by atoms with Gasteiger partial charge >= 0.3 is 0 Å². The van der Waals surface area contributed by atoms with E-state index in [-0.39, 0.29) is 18.6 Å². The predicted molar refractivity (Wildman–Crippen MR) is 74.6 cm³/mol. The van der Waals surface area contributed by atoms with Crippen molar-refractivity contribution in [1.82, 2.24) is 5.32 Å². The average molecular weight is 285 g/mol. The van der Waals surface area contributed by atoms with E-state index in [0.717, 1.165) is 10.6 Å². The number of thioether (sulfide) groups is 1. The SMILES string of the molecule is COCC(CO)NC(=O)CSc1ccc(OC)cc1. The van der Waals surface area contributed by atoms with Gasteiger partial charge in [0.05, 0.1) is 32.1 Å². The summed E-state index contributed by atoms with van der Waals surface area (Å²) < 4.78 is 9.95. The minimum Gasteiger partial charge on any atom is -0.497 e. The molecule has 2 N–H and O–H groups in total. The summed E-state index contributed by atoms with van der Waals surface area (Å²) in [5, 5.41) is 11.7. The normalized spacial score (nSPS) is 11.9. The Labute approximate surface area is 117 Å². The zero-order valence-corrected chi connectivity index (χ0v) is 11.9. The van der Waals surface area contributed by atoms with Crippen molar-refractivity contribution in [2.24, 2.45) is 0 Å². The number of methoxy groups -OCH3 is 2. The first-order valence-electron chi connectivity index (χ1n) is 5.85. The number of benzene rings is 1. The lowest BCUT2D eigenvalue weighted by Crippen LogP contribution is -2.41. The lowest BCUT2D eigenvalue weighted by Gasteiger charge is -2.14. The van der Waals surface area contributed by atoms with Crippen LogP contribution in [0.25, 0.3) is 0 Å². The van der Waals surface area contributed by atoms with Gasteiger partial charge in [-0.05, 0) is 24.3 Å². The van der Waals surface area contributed by atoms with Gasteiger partial charge in [-0.25, -0.2) is 0 Å². The molecule has 0 bridgehead atoms. The number of ether oxygens (including phenoxy) is 2. The highest BCUT2D eigenvalue weighted by Crippen LogP contribution is 2.20. The first-order chi connectivity index (χ1) is 9.19. The van der Waals surface area contributed by atoms with Crippen LogP contribution < -0.4 is 10.1 Å². The standard InChI is InChI=1S/C13H19NO4S/c1-17-8-10(7-15)14-13(16)9-19-12-5-3-11(18-2)4-6-12/h3-6,10,15H,7-9H2,1-2H3,(H,14,16). The highest BCUT2D eigenvalue weighted by atomic mass is 32.2. The molecule has 1 amide bonds. The van der Waals surface area contributed by atoms with E-state index in [1.165, 1.54) is 18.9 Å². The van der Waals surface area contributed by atoms with E-state index in [9.17, 15) is 4.79 Å². The van der Waals surface area contributed by atoms with Gasteiger partial charge in [0.1, 0.15) is 5.75 Å². The van der Waals surface area contributed by atoms with Gasteiger partial charge < -0.3 is 19.9 Å². The van der Waals surface area contributed by atoms with E-state index in [4.69, 9.17) is 14.6 Å². The van der Waals surface area contributed by atoms with Crippen molar-refractivity contribution < 1.29 is 19.4 Å². The van der Waals surface area contributed by atoms with Crippen LogP contribution in [0.2, 0.25) is 0 Å². The second-order valence-corrected chi connectivity index (χ2v) is 4.92. The second-order valence-electron chi connectivity index (χ2n) is 3.87. The number of carbonyl (C=O) groups is 1. The van der Waals surface area contributed by atoms with E-state index in [0.29, 0.717) is 12.4 Å². The van der Waals surface area contributed by atoms with Gasteiger partial charge in [-0.1, -0.05) is 0 Å². The van der Waals surface area contributed by atoms with Gasteiger partial charge in [-0.15, -0.1) is 11.8 Å². The minimum absolute atomic E-state index is 0.128. The molecule has 19 heavy (non-hydrogen) atoms. The van der Waals surface area contributed by atoms with Crippen LogP contribution >= 0.6 is 11.8 Å². The predicted octanol–water partition coefficient (Wildman–Crippen LogP) is 0.911. The molecule has 5 nitrogen and oxygen atoms in total. The zero-order chi connectivity index (χ0) is 14.1. The minimum atomic E-state index is -0.353. The van der Waals surface area contributed by atoms with Crippen LogP contribution in [0.4, 0.5) is 0 Å². The Kier molecular flexibility index (Phi) is 7.32. The van der Waals surface area contributed by atoms with E-state index < -0.39 is 0 Å². The summed E-state index contributed by atoms with van der Waals surface area (Å²) in [5.41, 5.74) is 0. The highest BCUT2D eigenvalue weighted by Gasteiger charge is 2.11. The van der Waals surface area contributed by atoms with Gasteiger partial charge in [-0.3, -0.25) is 4.79 Å². The third kappa shape index (κ3) is 5.96. The zero-order valence-electron chi connectivity index (χ0n) is 11.1. The second kappa shape index (κ2) is 8.79. The summed E-state index contributed by atoms with van der Waals surface area (Å²) in [6, 6.07) is 7.14. The molecule has 0 aliphatic carbocycles. The summed E-state index contributed by atoms with van der Waals surface area (Å²) in [6.45, 7) is 0.169. The van der Waals surface area contributed by atoms with E-state index in [2.05, 4.69) is 5.32 Å². The molecule has 1 unspecified atom stereocenters. The first-order valence-corrected chi connectivity index (χ1v) is 6.84. The Hall–Kier alpha value is -1.24. The number of hydrogen-bond acceptors (Lipinski definition) is 5. The van der Waals surface area contributed by atoms with Crippen LogP contribution in [0, 0.1) is 0 Å². The third-order valence-corrected chi connectivity index (χ3v) is 3.39. The summed E-state index contributed by atoms with van der Waals surface area (Å²) >= 11 is 1.43. The Balaban J connectivity index is 2.36. The number of hydrogen-bond donors (Lipinski definition) is 2. The molecule has 0 aromatic heterocycles. The lowest BCUT2D eigenvalue weighted by molar-refractivity contribution is -0.120. The van der Waals surface area contributed by atoms with E-state index in [1.54, 1.807) is 7.11 Å². The molecular weight excluding hydrogens is 266 g/mol. The Bertz CT molecular complexity index is 383. The molecule has 1 aromatic carbocycles. The number of nitrogens with one attached hydrogen (secondary N) is 1. The van der Waals surface area contributed by atoms with Gasteiger partial charge in [0.25, 0.3) is 0 Å². The quantitative estimate of drug-likeness (QED) is 0.695. The largest absolute Gasteiger partial charge is 0.497 e. The van der Waals surface area contributed by atoms with Crippen LogP contribution in [-0.4, -0.2) is 50.2 Å². The first kappa shape index (κ1) is 15.8. The number of aliphatic hydroxyl groups excluding tert-OH is 1. The van der Waals surface area contributed by atoms with Crippen LogP contribution in [0.3, 0.4) is 0 Å². The number of aliphatic hydroxyl groups is 1. The molecular formula is C13H19NO4S. The number of amides is 1. The Morgan fingerprint density at radius 3 is 2.58 bits per heavy atom. The molecule has 0 aliphatic rings. The number of rotatable bonds is 8.